The molecule has 0 amide bonds. The standard InChI is InChI=1S/C12H20N4O3/c1-17-12(18-2)8-13-10-7-11(15-9-14-10)16-3-5-19-6-4-16/h7,9,12H,3-6,8H2,1-2H3,(H,13,14,15). The molecule has 0 unspecified atom stereocenters. The van der Waals surface area contributed by atoms with Crippen molar-refractivity contribution in [2.45, 2.75) is 6.29 Å². The molecular weight excluding hydrogens is 248 g/mol. The van der Waals surface area contributed by atoms with Crippen molar-refractivity contribution in [1.29, 1.82) is 0 Å². The lowest BCUT2D eigenvalue weighted by atomic mass is 10.4. The molecule has 1 aliphatic heterocycles. The Morgan fingerprint density at radius 3 is 2.74 bits per heavy atom. The fraction of sp³-hybridized carbons (Fsp3) is 0.667. The summed E-state index contributed by atoms with van der Waals surface area (Å²) in [5, 5.41) is 3.17. The highest BCUT2D eigenvalue weighted by Gasteiger charge is 2.13. The zero-order valence-corrected chi connectivity index (χ0v) is 11.3. The molecule has 0 aliphatic carbocycles. The van der Waals surface area contributed by atoms with Crippen molar-refractivity contribution in [3.05, 3.63) is 12.4 Å². The molecule has 0 aromatic carbocycles. The number of methoxy groups -OCH3 is 2. The van der Waals surface area contributed by atoms with Crippen LogP contribution in [-0.4, -0.2) is 63.3 Å². The van der Waals surface area contributed by atoms with E-state index in [2.05, 4.69) is 20.2 Å². The van der Waals surface area contributed by atoms with Gasteiger partial charge in [0.15, 0.2) is 6.29 Å². The van der Waals surface area contributed by atoms with E-state index in [0.717, 1.165) is 37.9 Å². The molecule has 0 atom stereocenters. The third-order valence-electron chi connectivity index (χ3n) is 2.96. The Bertz CT molecular complexity index is 381. The molecule has 0 saturated carbocycles. The number of nitrogens with zero attached hydrogens (tertiary/aromatic N) is 3. The van der Waals surface area contributed by atoms with Crippen LogP contribution in [-0.2, 0) is 14.2 Å². The minimum absolute atomic E-state index is 0.290. The van der Waals surface area contributed by atoms with Crippen LogP contribution < -0.4 is 10.2 Å². The molecule has 1 fully saturated rings. The molecule has 0 radical (unpaired) electrons. The number of nitrogens with one attached hydrogen (secondary N) is 1. The maximum absolute atomic E-state index is 5.33. The number of anilines is 2. The number of hydrogen-bond donors (Lipinski definition) is 1. The maximum atomic E-state index is 5.33. The van der Waals surface area contributed by atoms with Gasteiger partial charge in [-0.25, -0.2) is 9.97 Å². The molecule has 7 nitrogen and oxygen atoms in total. The highest BCUT2D eigenvalue weighted by Crippen LogP contribution is 2.15. The largest absolute Gasteiger partial charge is 0.378 e. The Hall–Kier alpha value is -1.44. The van der Waals surface area contributed by atoms with Gasteiger partial charge in [-0.3, -0.25) is 0 Å². The number of hydrogen-bond acceptors (Lipinski definition) is 7. The zero-order chi connectivity index (χ0) is 13.5. The van der Waals surface area contributed by atoms with Crippen molar-refractivity contribution in [3.63, 3.8) is 0 Å². The van der Waals surface area contributed by atoms with E-state index in [9.17, 15) is 0 Å². The quantitative estimate of drug-likeness (QED) is 0.746. The Labute approximate surface area is 112 Å². The van der Waals surface area contributed by atoms with Crippen LogP contribution in [0.3, 0.4) is 0 Å². The Kier molecular flexibility index (Phi) is 5.31. The topological polar surface area (TPSA) is 68.7 Å². The lowest BCUT2D eigenvalue weighted by molar-refractivity contribution is -0.0914. The summed E-state index contributed by atoms with van der Waals surface area (Å²) in [6.45, 7) is 3.72. The first-order chi connectivity index (χ1) is 9.33. The zero-order valence-electron chi connectivity index (χ0n) is 11.3. The molecular formula is C12H20N4O3. The summed E-state index contributed by atoms with van der Waals surface area (Å²) in [5.41, 5.74) is 0. The van der Waals surface area contributed by atoms with Crippen LogP contribution in [0.4, 0.5) is 11.6 Å². The smallest absolute Gasteiger partial charge is 0.173 e. The summed E-state index contributed by atoms with van der Waals surface area (Å²) in [6.07, 6.45) is 1.27. The van der Waals surface area contributed by atoms with Crippen LogP contribution in [0, 0.1) is 0 Å². The summed E-state index contributed by atoms with van der Waals surface area (Å²) in [4.78, 5) is 10.7. The second kappa shape index (κ2) is 7.22. The minimum atomic E-state index is -0.290. The second-order valence-electron chi connectivity index (χ2n) is 4.14. The molecule has 1 aromatic heterocycles. The first kappa shape index (κ1) is 14.0. The van der Waals surface area contributed by atoms with Crippen molar-refractivity contribution < 1.29 is 14.2 Å². The number of ether oxygens (including phenoxy) is 3. The van der Waals surface area contributed by atoms with E-state index in [4.69, 9.17) is 14.2 Å². The molecule has 19 heavy (non-hydrogen) atoms. The van der Waals surface area contributed by atoms with Gasteiger partial charge in [-0.05, 0) is 0 Å². The molecule has 1 saturated heterocycles. The van der Waals surface area contributed by atoms with E-state index >= 15 is 0 Å². The van der Waals surface area contributed by atoms with Crippen LogP contribution in [0.1, 0.15) is 0 Å². The minimum Gasteiger partial charge on any atom is -0.378 e. The van der Waals surface area contributed by atoms with Gasteiger partial charge in [0.05, 0.1) is 19.8 Å². The van der Waals surface area contributed by atoms with Gasteiger partial charge in [0.1, 0.15) is 18.0 Å². The summed E-state index contributed by atoms with van der Waals surface area (Å²) in [7, 11) is 3.21. The Morgan fingerprint density at radius 1 is 1.32 bits per heavy atom. The van der Waals surface area contributed by atoms with Crippen molar-refractivity contribution in [2.75, 3.05) is 57.3 Å². The van der Waals surface area contributed by atoms with Gasteiger partial charge in [-0.2, -0.15) is 0 Å². The summed E-state index contributed by atoms with van der Waals surface area (Å²) < 4.78 is 15.6. The van der Waals surface area contributed by atoms with E-state index in [1.807, 2.05) is 6.07 Å². The van der Waals surface area contributed by atoms with E-state index in [-0.39, 0.29) is 6.29 Å². The lowest BCUT2D eigenvalue weighted by Crippen LogP contribution is -2.36. The normalized spacial score (nSPS) is 15.8. The summed E-state index contributed by atoms with van der Waals surface area (Å²) in [6, 6.07) is 1.92. The van der Waals surface area contributed by atoms with E-state index in [0.29, 0.717) is 6.54 Å². The van der Waals surface area contributed by atoms with Crippen LogP contribution in [0.2, 0.25) is 0 Å². The van der Waals surface area contributed by atoms with Gasteiger partial charge >= 0.3 is 0 Å². The molecule has 7 heteroatoms. The van der Waals surface area contributed by atoms with Crippen LogP contribution >= 0.6 is 0 Å². The van der Waals surface area contributed by atoms with Gasteiger partial charge in [0.2, 0.25) is 0 Å². The highest BCUT2D eigenvalue weighted by molar-refractivity contribution is 5.48. The average molecular weight is 268 g/mol. The number of morpholine rings is 1. The van der Waals surface area contributed by atoms with Gasteiger partial charge < -0.3 is 24.4 Å². The molecule has 2 rings (SSSR count). The molecule has 106 valence electrons. The van der Waals surface area contributed by atoms with Crippen LogP contribution in [0.5, 0.6) is 0 Å². The Balaban J connectivity index is 1.94. The maximum Gasteiger partial charge on any atom is 0.173 e. The van der Waals surface area contributed by atoms with Crippen LogP contribution in [0.15, 0.2) is 12.4 Å². The SMILES string of the molecule is COC(CNc1cc(N2CCOCC2)ncn1)OC. The lowest BCUT2D eigenvalue weighted by Gasteiger charge is -2.27. The number of rotatable bonds is 6. The van der Waals surface area contributed by atoms with Gasteiger partial charge in [0, 0.05) is 33.4 Å². The first-order valence-electron chi connectivity index (χ1n) is 6.27. The fourth-order valence-corrected chi connectivity index (χ4v) is 1.86. The third kappa shape index (κ3) is 4.02. The van der Waals surface area contributed by atoms with E-state index < -0.39 is 0 Å². The van der Waals surface area contributed by atoms with Gasteiger partial charge in [0.25, 0.3) is 0 Å². The predicted octanol–water partition coefficient (Wildman–Crippen LogP) is 0.344. The summed E-state index contributed by atoms with van der Waals surface area (Å²) >= 11 is 0. The number of aromatic nitrogens is 2. The van der Waals surface area contributed by atoms with Gasteiger partial charge in [-0.1, -0.05) is 0 Å². The van der Waals surface area contributed by atoms with Crippen LogP contribution in [0.25, 0.3) is 0 Å². The monoisotopic (exact) mass is 268 g/mol. The molecule has 0 bridgehead atoms. The van der Waals surface area contributed by atoms with Crippen molar-refractivity contribution >= 4 is 11.6 Å². The van der Waals surface area contributed by atoms with Gasteiger partial charge in [-0.15, -0.1) is 0 Å². The first-order valence-corrected chi connectivity index (χ1v) is 6.27. The predicted molar refractivity (Wildman–Crippen MR) is 71.4 cm³/mol. The van der Waals surface area contributed by atoms with E-state index in [1.54, 1.807) is 20.5 Å². The molecule has 1 aliphatic rings. The molecule has 1 aromatic rings. The second-order valence-corrected chi connectivity index (χ2v) is 4.14. The van der Waals surface area contributed by atoms with Crippen molar-refractivity contribution in [1.82, 2.24) is 9.97 Å². The molecule has 0 spiro atoms. The highest BCUT2D eigenvalue weighted by atomic mass is 16.7. The summed E-state index contributed by atoms with van der Waals surface area (Å²) in [5.74, 6) is 1.67. The fourth-order valence-electron chi connectivity index (χ4n) is 1.86. The van der Waals surface area contributed by atoms with Crippen molar-refractivity contribution in [2.24, 2.45) is 0 Å². The van der Waals surface area contributed by atoms with E-state index in [1.165, 1.54) is 0 Å². The molecule has 1 N–H and O–H groups in total. The van der Waals surface area contributed by atoms with Crippen molar-refractivity contribution in [3.8, 4) is 0 Å². The average Bonchev–Trinajstić information content (AvgIpc) is 2.49. The third-order valence-corrected chi connectivity index (χ3v) is 2.96. The molecule has 2 heterocycles. The Morgan fingerprint density at radius 2 is 2.05 bits per heavy atom.